The summed E-state index contributed by atoms with van der Waals surface area (Å²) in [7, 11) is 1.67. The number of nitrogens with zero attached hydrogens (tertiary/aromatic N) is 2. The minimum Gasteiger partial charge on any atom is -0.383 e. The smallest absolute Gasteiger partial charge is 0.295 e. The number of para-hydroxylation sites is 1. The first kappa shape index (κ1) is 15.2. The molecular weight excluding hydrogens is 270 g/mol. The van der Waals surface area contributed by atoms with Gasteiger partial charge in [0, 0.05) is 36.5 Å². The van der Waals surface area contributed by atoms with Crippen LogP contribution < -0.4 is 5.32 Å². The van der Waals surface area contributed by atoms with Crippen LogP contribution in [0.5, 0.6) is 0 Å². The number of aromatic nitrogens is 1. The van der Waals surface area contributed by atoms with Gasteiger partial charge in [-0.15, -0.1) is 0 Å². The number of ether oxygens (including phenoxy) is 1. The Morgan fingerprint density at radius 1 is 1.43 bits per heavy atom. The van der Waals surface area contributed by atoms with E-state index in [2.05, 4.69) is 17.2 Å². The number of anilines is 1. The molecule has 0 saturated heterocycles. The van der Waals surface area contributed by atoms with E-state index in [0.29, 0.717) is 12.1 Å². The van der Waals surface area contributed by atoms with Crippen LogP contribution in [0.3, 0.4) is 0 Å². The lowest BCUT2D eigenvalue weighted by atomic mass is 10.1. The molecule has 0 spiro atoms. The van der Waals surface area contributed by atoms with Crippen molar-refractivity contribution in [1.29, 1.82) is 0 Å². The molecule has 0 aliphatic heterocycles. The standard InChI is InChI=1S/C15H19N3O3/c1-3-5-11(10-21-2)17-13-8-9-16-15-12(13)6-4-7-14(15)18(19)20/h4,6-9,11H,3,5,10H2,1-2H3,(H,16,17). The highest BCUT2D eigenvalue weighted by Gasteiger charge is 2.16. The molecule has 0 aliphatic rings. The number of non-ortho nitro benzene ring substituents is 1. The maximum atomic E-state index is 11.1. The fourth-order valence-electron chi connectivity index (χ4n) is 2.40. The van der Waals surface area contributed by atoms with Gasteiger partial charge in [-0.25, -0.2) is 4.98 Å². The van der Waals surface area contributed by atoms with Crippen LogP contribution in [0.4, 0.5) is 11.4 Å². The largest absolute Gasteiger partial charge is 0.383 e. The minimum atomic E-state index is -0.405. The molecule has 1 unspecified atom stereocenters. The number of methoxy groups -OCH3 is 1. The van der Waals surface area contributed by atoms with Crippen molar-refractivity contribution in [3.05, 3.63) is 40.6 Å². The van der Waals surface area contributed by atoms with Crippen molar-refractivity contribution in [3.63, 3.8) is 0 Å². The zero-order valence-corrected chi connectivity index (χ0v) is 12.2. The quantitative estimate of drug-likeness (QED) is 0.624. The van der Waals surface area contributed by atoms with Gasteiger partial charge in [-0.2, -0.15) is 0 Å². The Balaban J connectivity index is 2.40. The van der Waals surface area contributed by atoms with Gasteiger partial charge in [-0.3, -0.25) is 10.1 Å². The first-order valence-electron chi connectivity index (χ1n) is 6.95. The summed E-state index contributed by atoms with van der Waals surface area (Å²) in [5, 5.41) is 15.2. The molecule has 6 nitrogen and oxygen atoms in total. The highest BCUT2D eigenvalue weighted by atomic mass is 16.6. The van der Waals surface area contributed by atoms with Crippen molar-refractivity contribution in [2.45, 2.75) is 25.8 Å². The van der Waals surface area contributed by atoms with Gasteiger partial charge in [0.25, 0.3) is 5.69 Å². The molecular formula is C15H19N3O3. The molecule has 2 aromatic rings. The van der Waals surface area contributed by atoms with Crippen molar-refractivity contribution in [1.82, 2.24) is 4.98 Å². The molecule has 1 aromatic carbocycles. The Morgan fingerprint density at radius 3 is 2.90 bits per heavy atom. The molecule has 1 atom stereocenters. The zero-order valence-electron chi connectivity index (χ0n) is 12.2. The fraction of sp³-hybridized carbons (Fsp3) is 0.400. The van der Waals surface area contributed by atoms with E-state index in [1.807, 2.05) is 12.1 Å². The lowest BCUT2D eigenvalue weighted by molar-refractivity contribution is -0.383. The van der Waals surface area contributed by atoms with Crippen LogP contribution in [0.2, 0.25) is 0 Å². The Bertz CT molecular complexity index is 625. The normalized spacial score (nSPS) is 12.3. The summed E-state index contributed by atoms with van der Waals surface area (Å²) in [6, 6.07) is 7.00. The number of nitro benzene ring substituents is 1. The molecule has 0 fully saturated rings. The second-order valence-corrected chi connectivity index (χ2v) is 4.87. The molecule has 6 heteroatoms. The Morgan fingerprint density at radius 2 is 2.24 bits per heavy atom. The average molecular weight is 289 g/mol. The van der Waals surface area contributed by atoms with Gasteiger partial charge >= 0.3 is 0 Å². The number of hydrogen-bond acceptors (Lipinski definition) is 5. The predicted octanol–water partition coefficient (Wildman–Crippen LogP) is 3.37. The second-order valence-electron chi connectivity index (χ2n) is 4.87. The third-order valence-corrected chi connectivity index (χ3v) is 3.31. The number of pyridine rings is 1. The molecule has 1 aromatic heterocycles. The van der Waals surface area contributed by atoms with E-state index >= 15 is 0 Å². The Hall–Kier alpha value is -2.21. The summed E-state index contributed by atoms with van der Waals surface area (Å²) in [5.41, 5.74) is 1.27. The van der Waals surface area contributed by atoms with Crippen LogP contribution in [-0.4, -0.2) is 29.7 Å². The van der Waals surface area contributed by atoms with E-state index in [-0.39, 0.29) is 11.7 Å². The summed E-state index contributed by atoms with van der Waals surface area (Å²) in [6.45, 7) is 2.70. The summed E-state index contributed by atoms with van der Waals surface area (Å²) >= 11 is 0. The Labute approximate surface area is 123 Å². The van der Waals surface area contributed by atoms with Crippen molar-refractivity contribution in [2.24, 2.45) is 0 Å². The van der Waals surface area contributed by atoms with Crippen LogP contribution in [0.1, 0.15) is 19.8 Å². The molecule has 0 amide bonds. The number of nitrogens with one attached hydrogen (secondary N) is 1. The minimum absolute atomic E-state index is 0.0231. The number of nitro groups is 1. The highest BCUT2D eigenvalue weighted by molar-refractivity contribution is 5.96. The number of benzene rings is 1. The van der Waals surface area contributed by atoms with E-state index in [4.69, 9.17) is 4.74 Å². The van der Waals surface area contributed by atoms with Crippen LogP contribution in [0.15, 0.2) is 30.5 Å². The monoisotopic (exact) mass is 289 g/mol. The van der Waals surface area contributed by atoms with Crippen molar-refractivity contribution >= 4 is 22.3 Å². The topological polar surface area (TPSA) is 77.3 Å². The van der Waals surface area contributed by atoms with Crippen LogP contribution in [0, 0.1) is 10.1 Å². The predicted molar refractivity (Wildman–Crippen MR) is 82.6 cm³/mol. The maximum Gasteiger partial charge on any atom is 0.295 e. The molecule has 1 heterocycles. The first-order chi connectivity index (χ1) is 10.2. The van der Waals surface area contributed by atoms with Crippen LogP contribution >= 0.6 is 0 Å². The number of hydrogen-bond donors (Lipinski definition) is 1. The molecule has 0 bridgehead atoms. The van der Waals surface area contributed by atoms with Gasteiger partial charge in [0.15, 0.2) is 0 Å². The summed E-state index contributed by atoms with van der Waals surface area (Å²) in [4.78, 5) is 14.8. The second kappa shape index (κ2) is 6.99. The van der Waals surface area contributed by atoms with Crippen LogP contribution in [-0.2, 0) is 4.74 Å². The molecule has 112 valence electrons. The maximum absolute atomic E-state index is 11.1. The SMILES string of the molecule is CCCC(COC)Nc1ccnc2c([N+](=O)[O-])cccc12. The molecule has 21 heavy (non-hydrogen) atoms. The van der Waals surface area contributed by atoms with Crippen molar-refractivity contribution in [2.75, 3.05) is 19.0 Å². The number of fused-ring (bicyclic) bond motifs is 1. The average Bonchev–Trinajstić information content (AvgIpc) is 2.47. The summed E-state index contributed by atoms with van der Waals surface area (Å²) in [5.74, 6) is 0. The van der Waals surface area contributed by atoms with Gasteiger partial charge < -0.3 is 10.1 Å². The van der Waals surface area contributed by atoms with Gasteiger partial charge in [-0.05, 0) is 12.5 Å². The number of rotatable bonds is 7. The summed E-state index contributed by atoms with van der Waals surface area (Å²) in [6.07, 6.45) is 3.59. The molecule has 0 saturated carbocycles. The molecule has 2 rings (SSSR count). The van der Waals surface area contributed by atoms with E-state index in [1.54, 1.807) is 19.4 Å². The third kappa shape index (κ3) is 3.46. The highest BCUT2D eigenvalue weighted by Crippen LogP contribution is 2.29. The molecule has 1 N–H and O–H groups in total. The van der Waals surface area contributed by atoms with Crippen molar-refractivity contribution < 1.29 is 9.66 Å². The van der Waals surface area contributed by atoms with Gasteiger partial charge in [0.05, 0.1) is 11.5 Å². The Kier molecular flexibility index (Phi) is 5.05. The fourth-order valence-corrected chi connectivity index (χ4v) is 2.40. The molecule has 0 aliphatic carbocycles. The lowest BCUT2D eigenvalue weighted by Crippen LogP contribution is -2.24. The van der Waals surface area contributed by atoms with Gasteiger partial charge in [0.1, 0.15) is 5.52 Å². The first-order valence-corrected chi connectivity index (χ1v) is 6.95. The van der Waals surface area contributed by atoms with Gasteiger partial charge in [0.2, 0.25) is 0 Å². The zero-order chi connectivity index (χ0) is 15.2. The van der Waals surface area contributed by atoms with E-state index < -0.39 is 4.92 Å². The van der Waals surface area contributed by atoms with Crippen molar-refractivity contribution in [3.8, 4) is 0 Å². The lowest BCUT2D eigenvalue weighted by Gasteiger charge is -2.19. The third-order valence-electron chi connectivity index (χ3n) is 3.31. The van der Waals surface area contributed by atoms with E-state index in [0.717, 1.165) is 23.9 Å². The van der Waals surface area contributed by atoms with E-state index in [1.165, 1.54) is 6.07 Å². The van der Waals surface area contributed by atoms with Gasteiger partial charge in [-0.1, -0.05) is 25.5 Å². The molecule has 0 radical (unpaired) electrons. The van der Waals surface area contributed by atoms with Crippen LogP contribution in [0.25, 0.3) is 10.9 Å². The summed E-state index contributed by atoms with van der Waals surface area (Å²) < 4.78 is 5.22. The van der Waals surface area contributed by atoms with E-state index in [9.17, 15) is 10.1 Å².